The predicted molar refractivity (Wildman–Crippen MR) is 96.7 cm³/mol. The molecule has 140 valence electrons. The van der Waals surface area contributed by atoms with Crippen LogP contribution in [-0.2, 0) is 24.8 Å². The predicted octanol–water partition coefficient (Wildman–Crippen LogP) is 2.24. The summed E-state index contributed by atoms with van der Waals surface area (Å²) < 4.78 is 12.5. The monoisotopic (exact) mass is 359 g/mol. The van der Waals surface area contributed by atoms with E-state index in [0.29, 0.717) is 24.6 Å². The molecule has 1 aromatic heterocycles. The highest BCUT2D eigenvalue weighted by molar-refractivity contribution is 5.76. The zero-order chi connectivity index (χ0) is 19.0. The van der Waals surface area contributed by atoms with Gasteiger partial charge in [-0.25, -0.2) is 0 Å². The van der Waals surface area contributed by atoms with Crippen LogP contribution in [0.2, 0.25) is 0 Å². The molecule has 1 aromatic carbocycles. The van der Waals surface area contributed by atoms with Gasteiger partial charge in [-0.2, -0.15) is 5.10 Å². The SMILES string of the molecule is COc1cc2c(cc1OC)CN([C@@H](C(=O)O)c1c(C)nn(C)c1C)CC2. The number of hydrogen-bond acceptors (Lipinski definition) is 5. The second-order valence-corrected chi connectivity index (χ2v) is 6.65. The second-order valence-electron chi connectivity index (χ2n) is 6.65. The smallest absolute Gasteiger partial charge is 0.325 e. The molecule has 1 aliphatic rings. The van der Waals surface area contributed by atoms with Crippen molar-refractivity contribution in [2.45, 2.75) is 32.9 Å². The van der Waals surface area contributed by atoms with Gasteiger partial charge in [0, 0.05) is 31.4 Å². The number of rotatable bonds is 5. The Morgan fingerprint density at radius 1 is 1.19 bits per heavy atom. The van der Waals surface area contributed by atoms with Crippen molar-refractivity contribution in [1.29, 1.82) is 0 Å². The van der Waals surface area contributed by atoms with Crippen molar-refractivity contribution in [2.24, 2.45) is 7.05 Å². The third-order valence-corrected chi connectivity index (χ3v) is 5.19. The lowest BCUT2D eigenvalue weighted by molar-refractivity contribution is -0.144. The highest BCUT2D eigenvalue weighted by atomic mass is 16.5. The van der Waals surface area contributed by atoms with Gasteiger partial charge in [0.2, 0.25) is 0 Å². The molecule has 1 atom stereocenters. The molecule has 1 aliphatic heterocycles. The standard InChI is InChI=1S/C19H25N3O4/c1-11-17(12(2)21(3)20-11)18(19(23)24)22-7-6-13-8-15(25-4)16(26-5)9-14(13)10-22/h8-9,18H,6-7,10H2,1-5H3,(H,23,24)/t18-/m1/s1. The van der Waals surface area contributed by atoms with Gasteiger partial charge in [-0.1, -0.05) is 0 Å². The number of benzene rings is 1. The van der Waals surface area contributed by atoms with Crippen LogP contribution in [-0.4, -0.2) is 46.5 Å². The van der Waals surface area contributed by atoms with E-state index in [1.54, 1.807) is 18.9 Å². The van der Waals surface area contributed by atoms with Gasteiger partial charge in [0.15, 0.2) is 11.5 Å². The Balaban J connectivity index is 1.98. The average molecular weight is 359 g/mol. The molecule has 0 bridgehead atoms. The summed E-state index contributed by atoms with van der Waals surface area (Å²) in [4.78, 5) is 14.1. The minimum absolute atomic E-state index is 0.542. The number of carboxylic acids is 1. The van der Waals surface area contributed by atoms with E-state index in [2.05, 4.69) is 5.10 Å². The number of fused-ring (bicyclic) bond motifs is 1. The first kappa shape index (κ1) is 18.3. The Morgan fingerprint density at radius 2 is 1.81 bits per heavy atom. The summed E-state index contributed by atoms with van der Waals surface area (Å²) in [5.41, 5.74) is 4.66. The van der Waals surface area contributed by atoms with Gasteiger partial charge in [0.1, 0.15) is 6.04 Å². The van der Waals surface area contributed by atoms with E-state index in [0.717, 1.165) is 28.9 Å². The first-order valence-corrected chi connectivity index (χ1v) is 8.58. The molecule has 7 heteroatoms. The van der Waals surface area contributed by atoms with E-state index in [9.17, 15) is 9.90 Å². The normalized spacial score (nSPS) is 15.4. The number of aromatic nitrogens is 2. The molecule has 26 heavy (non-hydrogen) atoms. The zero-order valence-corrected chi connectivity index (χ0v) is 15.9. The number of methoxy groups -OCH3 is 2. The Kier molecular flexibility index (Phi) is 4.91. The summed E-state index contributed by atoms with van der Waals surface area (Å²) >= 11 is 0. The molecule has 3 rings (SSSR count). The zero-order valence-electron chi connectivity index (χ0n) is 15.9. The van der Waals surface area contributed by atoms with E-state index in [-0.39, 0.29) is 0 Å². The van der Waals surface area contributed by atoms with Crippen molar-refractivity contribution >= 4 is 5.97 Å². The van der Waals surface area contributed by atoms with Gasteiger partial charge in [-0.3, -0.25) is 14.4 Å². The maximum Gasteiger partial charge on any atom is 0.325 e. The molecule has 7 nitrogen and oxygen atoms in total. The number of aryl methyl sites for hydroxylation is 2. The lowest BCUT2D eigenvalue weighted by atomic mass is 9.95. The van der Waals surface area contributed by atoms with Crippen LogP contribution in [0.5, 0.6) is 11.5 Å². The Morgan fingerprint density at radius 3 is 2.31 bits per heavy atom. The highest BCUT2D eigenvalue weighted by Crippen LogP contribution is 2.36. The van der Waals surface area contributed by atoms with Crippen LogP contribution in [0.4, 0.5) is 0 Å². The summed E-state index contributed by atoms with van der Waals surface area (Å²) in [5, 5.41) is 14.3. The van der Waals surface area contributed by atoms with Gasteiger partial charge in [0.05, 0.1) is 19.9 Å². The largest absolute Gasteiger partial charge is 0.493 e. The van der Waals surface area contributed by atoms with Gasteiger partial charge in [-0.05, 0) is 43.5 Å². The molecule has 0 amide bonds. The van der Waals surface area contributed by atoms with Crippen molar-refractivity contribution in [3.05, 3.63) is 40.2 Å². The van der Waals surface area contributed by atoms with Crippen LogP contribution < -0.4 is 9.47 Å². The fraction of sp³-hybridized carbons (Fsp3) is 0.474. The molecular weight excluding hydrogens is 334 g/mol. The van der Waals surface area contributed by atoms with Crippen molar-refractivity contribution in [3.8, 4) is 11.5 Å². The Hall–Kier alpha value is -2.54. The molecule has 0 aliphatic carbocycles. The van der Waals surface area contributed by atoms with E-state index in [4.69, 9.17) is 9.47 Å². The number of carboxylic acid groups (broad SMARTS) is 1. The van der Waals surface area contributed by atoms with Crippen molar-refractivity contribution in [3.63, 3.8) is 0 Å². The van der Waals surface area contributed by atoms with Crippen molar-refractivity contribution in [1.82, 2.24) is 14.7 Å². The van der Waals surface area contributed by atoms with Crippen LogP contribution in [0.3, 0.4) is 0 Å². The van der Waals surface area contributed by atoms with Gasteiger partial charge in [0.25, 0.3) is 0 Å². The molecular formula is C19H25N3O4. The van der Waals surface area contributed by atoms with E-state index in [1.807, 2.05) is 37.9 Å². The van der Waals surface area contributed by atoms with E-state index < -0.39 is 12.0 Å². The van der Waals surface area contributed by atoms with Crippen LogP contribution >= 0.6 is 0 Å². The van der Waals surface area contributed by atoms with Crippen molar-refractivity contribution < 1.29 is 19.4 Å². The lowest BCUT2D eigenvalue weighted by Gasteiger charge is -2.34. The maximum atomic E-state index is 12.1. The van der Waals surface area contributed by atoms with E-state index in [1.165, 1.54) is 5.56 Å². The van der Waals surface area contributed by atoms with Crippen LogP contribution in [0.15, 0.2) is 12.1 Å². The summed E-state index contributed by atoms with van der Waals surface area (Å²) in [6, 6.07) is 3.22. The topological polar surface area (TPSA) is 76.8 Å². The molecule has 0 fully saturated rings. The van der Waals surface area contributed by atoms with Gasteiger partial charge in [-0.15, -0.1) is 0 Å². The summed E-state index contributed by atoms with van der Waals surface area (Å²) in [6.45, 7) is 4.98. The molecule has 0 saturated heterocycles. The second kappa shape index (κ2) is 6.99. The summed E-state index contributed by atoms with van der Waals surface area (Å²) in [7, 11) is 5.06. The molecule has 0 saturated carbocycles. The van der Waals surface area contributed by atoms with Gasteiger partial charge < -0.3 is 14.6 Å². The first-order valence-electron chi connectivity index (χ1n) is 8.58. The minimum Gasteiger partial charge on any atom is -0.493 e. The minimum atomic E-state index is -0.854. The lowest BCUT2D eigenvalue weighted by Crippen LogP contribution is -2.38. The summed E-state index contributed by atoms with van der Waals surface area (Å²) in [5.74, 6) is 0.510. The van der Waals surface area contributed by atoms with Gasteiger partial charge >= 0.3 is 5.97 Å². The molecule has 2 heterocycles. The van der Waals surface area contributed by atoms with Crippen molar-refractivity contribution in [2.75, 3.05) is 20.8 Å². The molecule has 0 radical (unpaired) electrons. The fourth-order valence-corrected chi connectivity index (χ4v) is 3.77. The number of nitrogens with zero attached hydrogens (tertiary/aromatic N) is 3. The van der Waals surface area contributed by atoms with Crippen LogP contribution in [0, 0.1) is 13.8 Å². The number of ether oxygens (including phenoxy) is 2. The van der Waals surface area contributed by atoms with Crippen LogP contribution in [0.25, 0.3) is 0 Å². The molecule has 2 aromatic rings. The highest BCUT2D eigenvalue weighted by Gasteiger charge is 2.34. The molecule has 1 N–H and O–H groups in total. The Bertz CT molecular complexity index is 844. The fourth-order valence-electron chi connectivity index (χ4n) is 3.77. The van der Waals surface area contributed by atoms with E-state index >= 15 is 0 Å². The quantitative estimate of drug-likeness (QED) is 0.882. The third-order valence-electron chi connectivity index (χ3n) is 5.19. The maximum absolute atomic E-state index is 12.1. The Labute approximate surface area is 153 Å². The average Bonchev–Trinajstić information content (AvgIpc) is 2.86. The summed E-state index contributed by atoms with van der Waals surface area (Å²) in [6.07, 6.45) is 0.762. The number of aliphatic carboxylic acids is 1. The van der Waals surface area contributed by atoms with Crippen LogP contribution in [0.1, 0.15) is 34.1 Å². The number of carbonyl (C=O) groups is 1. The number of hydrogen-bond donors (Lipinski definition) is 1. The molecule has 0 unspecified atom stereocenters. The first-order chi connectivity index (χ1) is 12.4. The molecule has 0 spiro atoms. The third kappa shape index (κ3) is 3.03.